The van der Waals surface area contributed by atoms with Crippen molar-refractivity contribution in [1.29, 1.82) is 0 Å². The van der Waals surface area contributed by atoms with Crippen LogP contribution in [0.1, 0.15) is 46.0 Å². The van der Waals surface area contributed by atoms with E-state index >= 15 is 0 Å². The third-order valence-corrected chi connectivity index (χ3v) is 6.80. The number of benzene rings is 1. The molecule has 0 unspecified atom stereocenters. The van der Waals surface area contributed by atoms with Crippen molar-refractivity contribution in [3.05, 3.63) is 39.6 Å². The number of nitrogens with zero attached hydrogens (tertiary/aromatic N) is 1. The van der Waals surface area contributed by atoms with Gasteiger partial charge in [-0.25, -0.2) is 13.2 Å². The van der Waals surface area contributed by atoms with Crippen molar-refractivity contribution in [2.24, 2.45) is 0 Å². The van der Waals surface area contributed by atoms with Gasteiger partial charge in [0, 0.05) is 16.8 Å². The molecule has 3 rings (SSSR count). The van der Waals surface area contributed by atoms with E-state index in [1.165, 1.54) is 37.0 Å². The summed E-state index contributed by atoms with van der Waals surface area (Å²) in [7, 11) is -1.34. The smallest absolute Gasteiger partial charge is 0.344 e. The molecule has 0 aliphatic carbocycles. The van der Waals surface area contributed by atoms with E-state index in [1.807, 2.05) is 13.8 Å². The minimum absolute atomic E-state index is 0.0833. The second-order valence-corrected chi connectivity index (χ2v) is 8.89. The fourth-order valence-electron chi connectivity index (χ4n) is 2.88. The zero-order chi connectivity index (χ0) is 20.6. The van der Waals surface area contributed by atoms with Crippen molar-refractivity contribution in [2.45, 2.75) is 24.7 Å². The van der Waals surface area contributed by atoms with Gasteiger partial charge in [0.1, 0.15) is 22.0 Å². The van der Waals surface area contributed by atoms with Crippen LogP contribution in [0.4, 0.5) is 0 Å². The minimum Gasteiger partial charge on any atom is -0.497 e. The topological polar surface area (TPSA) is 99.2 Å². The lowest BCUT2D eigenvalue weighted by atomic mass is 9.96. The molecule has 1 aromatic carbocycles. The highest BCUT2D eigenvalue weighted by Crippen LogP contribution is 2.38. The number of rotatable bonds is 6. The second-order valence-electron chi connectivity index (χ2n) is 6.32. The number of fused-ring (bicyclic) bond motifs is 1. The monoisotopic (exact) mass is 425 g/mol. The van der Waals surface area contributed by atoms with Crippen LogP contribution in [0.5, 0.6) is 11.5 Å². The Hall–Kier alpha value is -2.59. The molecule has 10 heteroatoms. The standard InChI is InChI=1S/C18H19NO7S2/c1-10(2)12-5-11(24-3)6-15-16(12)17(20)19(28(15,22)23)9-26-18(21)13-7-27-8-14(13)25-4/h5-8,10H,9H2,1-4H3. The molecule has 1 aliphatic rings. The van der Waals surface area contributed by atoms with Gasteiger partial charge < -0.3 is 14.2 Å². The Balaban J connectivity index is 1.93. The number of esters is 1. The van der Waals surface area contributed by atoms with Crippen LogP contribution in [-0.4, -0.2) is 45.5 Å². The number of ether oxygens (including phenoxy) is 3. The number of sulfonamides is 1. The third kappa shape index (κ3) is 3.22. The average Bonchev–Trinajstić information content (AvgIpc) is 3.21. The Morgan fingerprint density at radius 2 is 1.89 bits per heavy atom. The summed E-state index contributed by atoms with van der Waals surface area (Å²) in [4.78, 5) is 25.0. The molecule has 0 spiro atoms. The van der Waals surface area contributed by atoms with Gasteiger partial charge in [-0.3, -0.25) is 4.79 Å². The first kappa shape index (κ1) is 20.2. The highest BCUT2D eigenvalue weighted by molar-refractivity contribution is 7.90. The van der Waals surface area contributed by atoms with Crippen LogP contribution in [0.2, 0.25) is 0 Å². The van der Waals surface area contributed by atoms with Crippen LogP contribution in [0.3, 0.4) is 0 Å². The van der Waals surface area contributed by atoms with Gasteiger partial charge in [-0.15, -0.1) is 11.3 Å². The minimum atomic E-state index is -4.17. The van der Waals surface area contributed by atoms with Crippen molar-refractivity contribution in [1.82, 2.24) is 4.31 Å². The number of hydrogen-bond acceptors (Lipinski definition) is 8. The van der Waals surface area contributed by atoms with E-state index < -0.39 is 28.6 Å². The number of hydrogen-bond donors (Lipinski definition) is 0. The van der Waals surface area contributed by atoms with Crippen LogP contribution < -0.4 is 9.47 Å². The van der Waals surface area contributed by atoms with Gasteiger partial charge in [-0.05, 0) is 17.5 Å². The Bertz CT molecular complexity index is 1040. The van der Waals surface area contributed by atoms with Crippen molar-refractivity contribution in [3.8, 4) is 11.5 Å². The molecule has 0 saturated heterocycles. The maximum absolute atomic E-state index is 12.9. The van der Waals surface area contributed by atoms with E-state index in [-0.39, 0.29) is 21.9 Å². The average molecular weight is 425 g/mol. The summed E-state index contributed by atoms with van der Waals surface area (Å²) in [6, 6.07) is 2.95. The lowest BCUT2D eigenvalue weighted by Crippen LogP contribution is -2.33. The molecule has 2 aromatic rings. The Morgan fingerprint density at radius 3 is 2.50 bits per heavy atom. The van der Waals surface area contributed by atoms with Gasteiger partial charge in [-0.1, -0.05) is 13.8 Å². The molecule has 0 atom stereocenters. The fourth-order valence-corrected chi connectivity index (χ4v) is 5.11. The highest BCUT2D eigenvalue weighted by Gasteiger charge is 2.44. The van der Waals surface area contributed by atoms with Gasteiger partial charge >= 0.3 is 5.97 Å². The Morgan fingerprint density at radius 1 is 1.18 bits per heavy atom. The second kappa shape index (κ2) is 7.44. The lowest BCUT2D eigenvalue weighted by molar-refractivity contribution is 0.0355. The van der Waals surface area contributed by atoms with Gasteiger partial charge in [0.2, 0.25) is 0 Å². The zero-order valence-electron chi connectivity index (χ0n) is 15.7. The lowest BCUT2D eigenvalue weighted by Gasteiger charge is -2.15. The molecular weight excluding hydrogens is 406 g/mol. The zero-order valence-corrected chi connectivity index (χ0v) is 17.3. The van der Waals surface area contributed by atoms with E-state index in [4.69, 9.17) is 14.2 Å². The van der Waals surface area contributed by atoms with Crippen LogP contribution in [0, 0.1) is 0 Å². The number of methoxy groups -OCH3 is 2. The van der Waals surface area contributed by atoms with E-state index in [0.29, 0.717) is 21.4 Å². The van der Waals surface area contributed by atoms with Crippen LogP contribution in [-0.2, 0) is 14.8 Å². The van der Waals surface area contributed by atoms with Gasteiger partial charge in [0.05, 0.1) is 19.8 Å². The largest absolute Gasteiger partial charge is 0.497 e. The first-order valence-electron chi connectivity index (χ1n) is 8.28. The summed E-state index contributed by atoms with van der Waals surface area (Å²) in [6.07, 6.45) is 0. The van der Waals surface area contributed by atoms with Crippen LogP contribution >= 0.6 is 11.3 Å². The summed E-state index contributed by atoms with van der Waals surface area (Å²) < 4.78 is 41.7. The summed E-state index contributed by atoms with van der Waals surface area (Å²) in [6.45, 7) is 2.97. The molecule has 0 bridgehead atoms. The first-order chi connectivity index (χ1) is 13.2. The van der Waals surface area contributed by atoms with E-state index in [0.717, 1.165) is 0 Å². The molecule has 150 valence electrons. The van der Waals surface area contributed by atoms with E-state index in [9.17, 15) is 18.0 Å². The molecule has 1 aliphatic heterocycles. The molecule has 8 nitrogen and oxygen atoms in total. The maximum Gasteiger partial charge on any atom is 0.344 e. The number of carbonyl (C=O) groups is 2. The van der Waals surface area contributed by atoms with Gasteiger partial charge in [0.15, 0.2) is 6.73 Å². The fraction of sp³-hybridized carbons (Fsp3) is 0.333. The Labute approximate surface area is 166 Å². The molecule has 1 amide bonds. The highest BCUT2D eigenvalue weighted by atomic mass is 32.2. The van der Waals surface area contributed by atoms with Crippen molar-refractivity contribution >= 4 is 33.2 Å². The molecule has 2 heterocycles. The summed E-state index contributed by atoms with van der Waals surface area (Å²) >= 11 is 1.24. The first-order valence-corrected chi connectivity index (χ1v) is 10.7. The summed E-state index contributed by atoms with van der Waals surface area (Å²) in [5.41, 5.74) is 0.801. The summed E-state index contributed by atoms with van der Waals surface area (Å²) in [5.74, 6) is -0.966. The van der Waals surface area contributed by atoms with Crippen molar-refractivity contribution in [2.75, 3.05) is 21.0 Å². The molecule has 0 N–H and O–H groups in total. The molecule has 0 saturated carbocycles. The van der Waals surface area contributed by atoms with Crippen LogP contribution in [0.25, 0.3) is 0 Å². The molecule has 28 heavy (non-hydrogen) atoms. The normalized spacial score (nSPS) is 14.9. The van der Waals surface area contributed by atoms with Gasteiger partial charge in [0.25, 0.3) is 15.9 Å². The molecule has 0 radical (unpaired) electrons. The number of thiophene rings is 1. The molecule has 1 aromatic heterocycles. The summed E-state index contributed by atoms with van der Waals surface area (Å²) in [5, 5.41) is 3.14. The predicted molar refractivity (Wildman–Crippen MR) is 102 cm³/mol. The van der Waals surface area contributed by atoms with Crippen molar-refractivity contribution in [3.63, 3.8) is 0 Å². The van der Waals surface area contributed by atoms with E-state index in [2.05, 4.69) is 0 Å². The van der Waals surface area contributed by atoms with Gasteiger partial charge in [-0.2, -0.15) is 4.31 Å². The number of carbonyl (C=O) groups excluding carboxylic acids is 2. The van der Waals surface area contributed by atoms with E-state index in [1.54, 1.807) is 11.4 Å². The van der Waals surface area contributed by atoms with Crippen molar-refractivity contribution < 1.29 is 32.2 Å². The third-order valence-electron chi connectivity index (χ3n) is 4.35. The Kier molecular flexibility index (Phi) is 5.35. The molecule has 0 fully saturated rings. The number of amides is 1. The SMILES string of the molecule is COc1cc(C(C)C)c2c(c1)S(=O)(=O)N(COC(=O)c1cscc1OC)C2=O. The molecular formula is C18H19NO7S2. The predicted octanol–water partition coefficient (Wildman–Crippen LogP) is 2.85. The quantitative estimate of drug-likeness (QED) is 0.656. The van der Waals surface area contributed by atoms with Crippen LogP contribution in [0.15, 0.2) is 27.8 Å². The maximum atomic E-state index is 12.9.